The molecule has 1 saturated heterocycles. The number of hydrogen-bond acceptors (Lipinski definition) is 4. The van der Waals surface area contributed by atoms with Gasteiger partial charge in [0, 0.05) is 18.1 Å². The van der Waals surface area contributed by atoms with E-state index in [1.165, 1.54) is 12.1 Å². The number of aliphatic hydroxyl groups excluding tert-OH is 1. The number of halogens is 2. The van der Waals surface area contributed by atoms with E-state index in [-0.39, 0.29) is 29.4 Å². The van der Waals surface area contributed by atoms with Gasteiger partial charge in [0.2, 0.25) is 10.0 Å². The Morgan fingerprint density at radius 1 is 1.36 bits per heavy atom. The van der Waals surface area contributed by atoms with E-state index in [1.807, 2.05) is 0 Å². The predicted octanol–water partition coefficient (Wildman–Crippen LogP) is 1.76. The smallest absolute Gasteiger partial charge is 0.310 e. The van der Waals surface area contributed by atoms with Gasteiger partial charge in [0.1, 0.15) is 4.90 Å². The van der Waals surface area contributed by atoms with Gasteiger partial charge in [-0.3, -0.25) is 4.79 Å². The third-order valence-electron chi connectivity index (χ3n) is 3.76. The van der Waals surface area contributed by atoms with E-state index in [9.17, 15) is 18.3 Å². The summed E-state index contributed by atoms with van der Waals surface area (Å²) in [5.41, 5.74) is 0.441. The van der Waals surface area contributed by atoms with Crippen LogP contribution in [0.1, 0.15) is 12.0 Å². The van der Waals surface area contributed by atoms with E-state index in [1.54, 1.807) is 6.92 Å². The molecule has 122 valence electrons. The summed E-state index contributed by atoms with van der Waals surface area (Å²) < 4.78 is 26.4. The summed E-state index contributed by atoms with van der Waals surface area (Å²) in [4.78, 5) is 11.0. The topological polar surface area (TPSA) is 94.9 Å². The second-order valence-corrected chi connectivity index (χ2v) is 7.84. The second kappa shape index (κ2) is 6.33. The first-order valence-electron chi connectivity index (χ1n) is 6.52. The summed E-state index contributed by atoms with van der Waals surface area (Å²) in [6, 6.07) is 2.73. The van der Waals surface area contributed by atoms with Crippen molar-refractivity contribution in [2.24, 2.45) is 5.92 Å². The van der Waals surface area contributed by atoms with Crippen molar-refractivity contribution in [2.45, 2.75) is 24.3 Å². The van der Waals surface area contributed by atoms with Gasteiger partial charge < -0.3 is 10.2 Å². The molecule has 0 unspecified atom stereocenters. The molecule has 1 aliphatic rings. The standard InChI is InChI=1S/C13H15Cl2NO5S/c1-7-9(14)2-3-11(12(7)15)22(20,21)16-5-4-10(17)8(6-16)13(18)19/h2-3,8,10,17H,4-6H2,1H3,(H,18,19)/t8-,10-/m0/s1. The molecule has 0 aliphatic carbocycles. The number of aliphatic carboxylic acids is 1. The molecule has 9 heteroatoms. The van der Waals surface area contributed by atoms with Gasteiger partial charge in [0.25, 0.3) is 0 Å². The molecule has 1 aromatic carbocycles. The number of rotatable bonds is 3. The summed E-state index contributed by atoms with van der Waals surface area (Å²) in [6.07, 6.45) is -1.01. The molecule has 2 atom stereocenters. The summed E-state index contributed by atoms with van der Waals surface area (Å²) >= 11 is 12.0. The number of piperidine rings is 1. The zero-order valence-corrected chi connectivity index (χ0v) is 14.0. The molecular formula is C13H15Cl2NO5S. The molecule has 0 saturated carbocycles. The molecule has 0 radical (unpaired) electrons. The van der Waals surface area contributed by atoms with Gasteiger partial charge in [-0.05, 0) is 31.0 Å². The van der Waals surface area contributed by atoms with Crippen molar-refractivity contribution < 1.29 is 23.4 Å². The zero-order chi connectivity index (χ0) is 16.7. The maximum absolute atomic E-state index is 12.7. The van der Waals surface area contributed by atoms with Gasteiger partial charge in [-0.1, -0.05) is 23.2 Å². The Hall–Kier alpha value is -0.860. The quantitative estimate of drug-likeness (QED) is 0.848. The Balaban J connectivity index is 2.39. The molecule has 0 amide bonds. The van der Waals surface area contributed by atoms with Crippen LogP contribution < -0.4 is 0 Å². The van der Waals surface area contributed by atoms with Gasteiger partial charge in [-0.2, -0.15) is 4.31 Å². The van der Waals surface area contributed by atoms with Crippen molar-refractivity contribution in [3.63, 3.8) is 0 Å². The maximum atomic E-state index is 12.7. The van der Waals surface area contributed by atoms with Crippen LogP contribution in [0.5, 0.6) is 0 Å². The second-order valence-electron chi connectivity index (χ2n) is 5.15. The van der Waals surface area contributed by atoms with Crippen LogP contribution in [0.2, 0.25) is 10.0 Å². The first-order chi connectivity index (χ1) is 10.2. The minimum absolute atomic E-state index is 0.0190. The molecule has 6 nitrogen and oxygen atoms in total. The summed E-state index contributed by atoms with van der Waals surface area (Å²) in [5, 5.41) is 19.1. The van der Waals surface area contributed by atoms with E-state index in [0.29, 0.717) is 10.6 Å². The van der Waals surface area contributed by atoms with Crippen molar-refractivity contribution in [3.05, 3.63) is 27.7 Å². The normalized spacial score (nSPS) is 23.5. The third-order valence-corrected chi connectivity index (χ3v) is 6.68. The fraction of sp³-hybridized carbons (Fsp3) is 0.462. The Morgan fingerprint density at radius 3 is 2.59 bits per heavy atom. The minimum atomic E-state index is -3.95. The predicted molar refractivity (Wildman–Crippen MR) is 81.7 cm³/mol. The van der Waals surface area contributed by atoms with Crippen LogP contribution in [-0.2, 0) is 14.8 Å². The lowest BCUT2D eigenvalue weighted by Crippen LogP contribution is -2.48. The first kappa shape index (κ1) is 17.5. The Labute approximate surface area is 138 Å². The zero-order valence-electron chi connectivity index (χ0n) is 11.7. The van der Waals surface area contributed by atoms with Crippen LogP contribution in [0, 0.1) is 12.8 Å². The summed E-state index contributed by atoms with van der Waals surface area (Å²) in [6.45, 7) is 1.34. The van der Waals surface area contributed by atoms with E-state index >= 15 is 0 Å². The Bertz CT molecular complexity index is 707. The number of carbonyl (C=O) groups is 1. The number of aliphatic hydroxyl groups is 1. The highest BCUT2D eigenvalue weighted by atomic mass is 35.5. The van der Waals surface area contributed by atoms with Crippen LogP contribution in [0.4, 0.5) is 0 Å². The molecule has 1 aromatic rings. The van der Waals surface area contributed by atoms with Crippen LogP contribution in [0.25, 0.3) is 0 Å². The van der Waals surface area contributed by atoms with E-state index in [0.717, 1.165) is 4.31 Å². The number of nitrogens with zero attached hydrogens (tertiary/aromatic N) is 1. The SMILES string of the molecule is Cc1c(Cl)ccc(S(=O)(=O)N2CC[C@H](O)[C@@H](C(=O)O)C2)c1Cl. The average molecular weight is 368 g/mol. The van der Waals surface area contributed by atoms with Crippen LogP contribution in [-0.4, -0.2) is 48.1 Å². The van der Waals surface area contributed by atoms with Crippen molar-refractivity contribution >= 4 is 39.2 Å². The van der Waals surface area contributed by atoms with E-state index in [4.69, 9.17) is 28.3 Å². The maximum Gasteiger partial charge on any atom is 0.310 e. The number of sulfonamides is 1. The average Bonchev–Trinajstić information content (AvgIpc) is 2.44. The fourth-order valence-electron chi connectivity index (χ4n) is 2.35. The van der Waals surface area contributed by atoms with Gasteiger partial charge in [-0.25, -0.2) is 8.42 Å². The Morgan fingerprint density at radius 2 is 2.00 bits per heavy atom. The van der Waals surface area contributed by atoms with Crippen molar-refractivity contribution in [1.82, 2.24) is 4.31 Å². The molecule has 0 spiro atoms. The lowest BCUT2D eigenvalue weighted by Gasteiger charge is -2.33. The molecule has 0 bridgehead atoms. The van der Waals surface area contributed by atoms with Gasteiger partial charge in [0.15, 0.2) is 0 Å². The van der Waals surface area contributed by atoms with Crippen LogP contribution in [0.3, 0.4) is 0 Å². The molecular weight excluding hydrogens is 353 g/mol. The van der Waals surface area contributed by atoms with Crippen molar-refractivity contribution in [2.75, 3.05) is 13.1 Å². The highest BCUT2D eigenvalue weighted by Gasteiger charge is 2.39. The van der Waals surface area contributed by atoms with E-state index in [2.05, 4.69) is 0 Å². The summed E-state index contributed by atoms with van der Waals surface area (Å²) in [5.74, 6) is -2.39. The molecule has 1 heterocycles. The highest BCUT2D eigenvalue weighted by molar-refractivity contribution is 7.89. The van der Waals surface area contributed by atoms with Gasteiger partial charge >= 0.3 is 5.97 Å². The number of benzene rings is 1. The number of hydrogen-bond donors (Lipinski definition) is 2. The highest BCUT2D eigenvalue weighted by Crippen LogP contribution is 2.33. The fourth-order valence-corrected chi connectivity index (χ4v) is 4.61. The van der Waals surface area contributed by atoms with Crippen LogP contribution >= 0.6 is 23.2 Å². The molecule has 1 fully saturated rings. The monoisotopic (exact) mass is 367 g/mol. The molecule has 1 aliphatic heterocycles. The molecule has 2 N–H and O–H groups in total. The van der Waals surface area contributed by atoms with Gasteiger partial charge in [-0.15, -0.1) is 0 Å². The largest absolute Gasteiger partial charge is 0.481 e. The molecule has 2 rings (SSSR count). The third kappa shape index (κ3) is 3.09. The minimum Gasteiger partial charge on any atom is -0.481 e. The molecule has 22 heavy (non-hydrogen) atoms. The number of carboxylic acid groups (broad SMARTS) is 1. The van der Waals surface area contributed by atoms with Gasteiger partial charge in [0.05, 0.1) is 17.0 Å². The number of carboxylic acids is 1. The first-order valence-corrected chi connectivity index (χ1v) is 8.71. The van der Waals surface area contributed by atoms with Crippen molar-refractivity contribution in [3.8, 4) is 0 Å². The van der Waals surface area contributed by atoms with E-state index < -0.39 is 28.0 Å². The molecule has 0 aromatic heterocycles. The lowest BCUT2D eigenvalue weighted by molar-refractivity contribution is -0.147. The summed E-state index contributed by atoms with van der Waals surface area (Å²) in [7, 11) is -3.95. The Kier molecular flexibility index (Phi) is 5.03. The van der Waals surface area contributed by atoms with Crippen molar-refractivity contribution in [1.29, 1.82) is 0 Å². The van der Waals surface area contributed by atoms with Crippen LogP contribution in [0.15, 0.2) is 17.0 Å². The lowest BCUT2D eigenvalue weighted by atomic mass is 9.96.